The molecule has 0 aliphatic heterocycles. The molecule has 1 aromatic heterocycles. The lowest BCUT2D eigenvalue weighted by atomic mass is 10.2. The number of hydrogen-bond acceptors (Lipinski definition) is 4. The first-order valence-corrected chi connectivity index (χ1v) is 7.58. The summed E-state index contributed by atoms with van der Waals surface area (Å²) in [4.78, 5) is 37.0. The van der Waals surface area contributed by atoms with Gasteiger partial charge in [0.15, 0.2) is 0 Å². The predicted octanol–water partition coefficient (Wildman–Crippen LogP) is 0.336. The summed E-state index contributed by atoms with van der Waals surface area (Å²) in [7, 11) is 1.55. The summed E-state index contributed by atoms with van der Waals surface area (Å²) in [5.74, 6) is -0.295. The van der Waals surface area contributed by atoms with Gasteiger partial charge in [-0.15, -0.1) is 0 Å². The number of carbonyl (C=O) groups is 1. The molecule has 0 bridgehead atoms. The van der Waals surface area contributed by atoms with Crippen molar-refractivity contribution in [2.24, 2.45) is 0 Å². The molecule has 0 atom stereocenters. The highest BCUT2D eigenvalue weighted by Crippen LogP contribution is 2.07. The van der Waals surface area contributed by atoms with E-state index in [0.717, 1.165) is 0 Å². The highest BCUT2D eigenvalue weighted by Gasteiger charge is 2.14. The number of aromatic nitrogens is 2. The number of amides is 1. The lowest BCUT2D eigenvalue weighted by Gasteiger charge is -2.13. The van der Waals surface area contributed by atoms with Crippen LogP contribution in [0.3, 0.4) is 0 Å². The fourth-order valence-corrected chi connectivity index (χ4v) is 2.44. The van der Waals surface area contributed by atoms with E-state index in [0.29, 0.717) is 37.0 Å². The summed E-state index contributed by atoms with van der Waals surface area (Å²) in [6.07, 6.45) is 0.660. The van der Waals surface area contributed by atoms with E-state index in [2.05, 4.69) is 5.32 Å². The van der Waals surface area contributed by atoms with Crippen LogP contribution in [0.4, 0.5) is 0 Å². The molecule has 0 unspecified atom stereocenters. The van der Waals surface area contributed by atoms with Crippen LogP contribution in [0.25, 0.3) is 10.9 Å². The second-order valence-electron chi connectivity index (χ2n) is 5.19. The summed E-state index contributed by atoms with van der Waals surface area (Å²) in [6, 6.07) is 6.83. The lowest BCUT2D eigenvalue weighted by Crippen LogP contribution is -2.42. The largest absolute Gasteiger partial charge is 0.383 e. The summed E-state index contributed by atoms with van der Waals surface area (Å²) < 4.78 is 7.40. The molecule has 0 saturated carbocycles. The molecule has 2 rings (SSSR count). The van der Waals surface area contributed by atoms with Gasteiger partial charge in [0, 0.05) is 20.2 Å². The molecule has 0 aliphatic rings. The molecule has 0 spiro atoms. The van der Waals surface area contributed by atoms with Crippen LogP contribution in [-0.4, -0.2) is 35.3 Å². The van der Waals surface area contributed by atoms with Gasteiger partial charge in [0.1, 0.15) is 6.54 Å². The zero-order valence-electron chi connectivity index (χ0n) is 13.4. The third-order valence-corrected chi connectivity index (χ3v) is 3.51. The van der Waals surface area contributed by atoms with Gasteiger partial charge in [-0.1, -0.05) is 19.1 Å². The molecule has 2 aromatic rings. The van der Waals surface area contributed by atoms with Gasteiger partial charge in [-0.25, -0.2) is 4.79 Å². The molecule has 1 N–H and O–H groups in total. The van der Waals surface area contributed by atoms with Crippen molar-refractivity contribution in [1.29, 1.82) is 0 Å². The highest BCUT2D eigenvalue weighted by atomic mass is 16.5. The fourth-order valence-electron chi connectivity index (χ4n) is 2.44. The summed E-state index contributed by atoms with van der Waals surface area (Å²) >= 11 is 0. The molecule has 7 nitrogen and oxygen atoms in total. The zero-order chi connectivity index (χ0) is 16.8. The van der Waals surface area contributed by atoms with E-state index < -0.39 is 5.69 Å². The Hall–Kier alpha value is -2.41. The van der Waals surface area contributed by atoms with Crippen LogP contribution in [0.2, 0.25) is 0 Å². The molecule has 7 heteroatoms. The van der Waals surface area contributed by atoms with E-state index in [1.807, 2.05) is 6.92 Å². The Labute approximate surface area is 133 Å². The van der Waals surface area contributed by atoms with E-state index in [1.165, 1.54) is 9.13 Å². The molecular weight excluding hydrogens is 298 g/mol. The van der Waals surface area contributed by atoms with Gasteiger partial charge in [0.2, 0.25) is 5.91 Å². The normalized spacial score (nSPS) is 10.9. The number of fused-ring (bicyclic) bond motifs is 1. The standard InChI is InChI=1S/C16H21N3O4/c1-3-9-18-15(21)12-6-4-5-7-13(12)19(16(18)22)11-14(20)17-8-10-23-2/h4-7H,3,8-11H2,1-2H3,(H,17,20). The topological polar surface area (TPSA) is 82.3 Å². The second-order valence-corrected chi connectivity index (χ2v) is 5.19. The number of ether oxygens (including phenoxy) is 1. The minimum Gasteiger partial charge on any atom is -0.383 e. The third kappa shape index (κ3) is 3.68. The monoisotopic (exact) mass is 319 g/mol. The van der Waals surface area contributed by atoms with Crippen molar-refractivity contribution in [2.45, 2.75) is 26.4 Å². The zero-order valence-corrected chi connectivity index (χ0v) is 13.4. The first kappa shape index (κ1) is 17.0. The maximum atomic E-state index is 12.6. The van der Waals surface area contributed by atoms with Gasteiger partial charge in [0.25, 0.3) is 5.56 Å². The van der Waals surface area contributed by atoms with Crippen molar-refractivity contribution in [3.8, 4) is 0 Å². The average Bonchev–Trinajstić information content (AvgIpc) is 2.56. The van der Waals surface area contributed by atoms with Crippen molar-refractivity contribution in [3.05, 3.63) is 45.1 Å². The Morgan fingerprint density at radius 1 is 1.22 bits per heavy atom. The number of nitrogens with zero attached hydrogens (tertiary/aromatic N) is 2. The Bertz CT molecular complexity index is 807. The van der Waals surface area contributed by atoms with Gasteiger partial charge in [-0.2, -0.15) is 0 Å². The van der Waals surface area contributed by atoms with Gasteiger partial charge in [0.05, 0.1) is 17.5 Å². The Kier molecular flexibility index (Phi) is 5.70. The van der Waals surface area contributed by atoms with E-state index in [1.54, 1.807) is 31.4 Å². The molecule has 124 valence electrons. The average molecular weight is 319 g/mol. The molecule has 0 radical (unpaired) electrons. The molecule has 0 saturated heterocycles. The number of benzene rings is 1. The minimum absolute atomic E-state index is 0.132. The van der Waals surface area contributed by atoms with Crippen molar-refractivity contribution < 1.29 is 9.53 Å². The maximum Gasteiger partial charge on any atom is 0.331 e. The first-order chi connectivity index (χ1) is 11.1. The quantitative estimate of drug-likeness (QED) is 0.746. The fraction of sp³-hybridized carbons (Fsp3) is 0.438. The van der Waals surface area contributed by atoms with Gasteiger partial charge < -0.3 is 10.1 Å². The summed E-state index contributed by atoms with van der Waals surface area (Å²) in [6.45, 7) is 2.86. The van der Waals surface area contributed by atoms with Crippen LogP contribution in [0.1, 0.15) is 13.3 Å². The predicted molar refractivity (Wildman–Crippen MR) is 87.6 cm³/mol. The summed E-state index contributed by atoms with van der Waals surface area (Å²) in [5, 5.41) is 3.11. The minimum atomic E-state index is -0.461. The van der Waals surface area contributed by atoms with E-state index in [9.17, 15) is 14.4 Å². The number of methoxy groups -OCH3 is 1. The van der Waals surface area contributed by atoms with Crippen molar-refractivity contribution >= 4 is 16.8 Å². The maximum absolute atomic E-state index is 12.6. The number of carbonyl (C=O) groups excluding carboxylic acids is 1. The van der Waals surface area contributed by atoms with Gasteiger partial charge in [-0.3, -0.25) is 18.7 Å². The third-order valence-electron chi connectivity index (χ3n) is 3.51. The summed E-state index contributed by atoms with van der Waals surface area (Å²) in [5.41, 5.74) is -0.308. The van der Waals surface area contributed by atoms with Crippen molar-refractivity contribution in [3.63, 3.8) is 0 Å². The molecule has 1 amide bonds. The smallest absolute Gasteiger partial charge is 0.331 e. The Morgan fingerprint density at radius 3 is 2.65 bits per heavy atom. The van der Waals surface area contributed by atoms with Gasteiger partial charge in [-0.05, 0) is 18.6 Å². The van der Waals surface area contributed by atoms with Gasteiger partial charge >= 0.3 is 5.69 Å². The highest BCUT2D eigenvalue weighted by molar-refractivity contribution is 5.81. The molecule has 1 aromatic carbocycles. The van der Waals surface area contributed by atoms with Crippen LogP contribution in [0, 0.1) is 0 Å². The SMILES string of the molecule is CCCn1c(=O)c2ccccc2n(CC(=O)NCCOC)c1=O. The number of hydrogen-bond donors (Lipinski definition) is 1. The van der Waals surface area contributed by atoms with Crippen molar-refractivity contribution in [1.82, 2.24) is 14.5 Å². The molecular formula is C16H21N3O4. The van der Waals surface area contributed by atoms with Crippen LogP contribution < -0.4 is 16.6 Å². The molecule has 1 heterocycles. The molecule has 23 heavy (non-hydrogen) atoms. The van der Waals surface area contributed by atoms with E-state index >= 15 is 0 Å². The Balaban J connectivity index is 2.47. The number of rotatable bonds is 7. The lowest BCUT2D eigenvalue weighted by molar-refractivity contribution is -0.121. The van der Waals surface area contributed by atoms with Crippen molar-refractivity contribution in [2.75, 3.05) is 20.3 Å². The Morgan fingerprint density at radius 2 is 1.96 bits per heavy atom. The molecule has 0 fully saturated rings. The van der Waals surface area contributed by atoms with Crippen LogP contribution in [0.15, 0.2) is 33.9 Å². The molecule has 0 aliphatic carbocycles. The van der Waals surface area contributed by atoms with E-state index in [-0.39, 0.29) is 18.0 Å². The number of para-hydroxylation sites is 1. The second kappa shape index (κ2) is 7.73. The number of nitrogens with one attached hydrogen (secondary N) is 1. The van der Waals surface area contributed by atoms with E-state index in [4.69, 9.17) is 4.74 Å². The van der Waals surface area contributed by atoms with Crippen LogP contribution in [-0.2, 0) is 22.6 Å². The van der Waals surface area contributed by atoms with Crippen LogP contribution >= 0.6 is 0 Å². The van der Waals surface area contributed by atoms with Crippen LogP contribution in [0.5, 0.6) is 0 Å². The first-order valence-electron chi connectivity index (χ1n) is 7.58.